The van der Waals surface area contributed by atoms with Crippen LogP contribution in [0.5, 0.6) is 0 Å². The van der Waals surface area contributed by atoms with Crippen LogP contribution in [-0.4, -0.2) is 29.3 Å². The highest BCUT2D eigenvalue weighted by molar-refractivity contribution is 5.88. The second-order valence-corrected chi connectivity index (χ2v) is 8.17. The van der Waals surface area contributed by atoms with Crippen LogP contribution in [-0.2, 0) is 29.0 Å². The molecule has 0 spiro atoms. The number of benzene rings is 3. The maximum atomic E-state index is 13.5. The smallest absolute Gasteiger partial charge is 0.243 e. The number of nitrogens with zero attached hydrogens (tertiary/aromatic N) is 1. The molecule has 0 saturated carbocycles. The molecule has 166 valence electrons. The number of carbonyl (C=O) groups is 2. The summed E-state index contributed by atoms with van der Waals surface area (Å²) in [4.78, 5) is 28.5. The van der Waals surface area contributed by atoms with Crippen molar-refractivity contribution in [3.63, 3.8) is 0 Å². The lowest BCUT2D eigenvalue weighted by Gasteiger charge is -2.31. The number of amides is 2. The summed E-state index contributed by atoms with van der Waals surface area (Å²) in [5.41, 5.74) is 4.15. The third-order valence-corrected chi connectivity index (χ3v) is 5.49. The highest BCUT2D eigenvalue weighted by atomic mass is 16.2. The summed E-state index contributed by atoms with van der Waals surface area (Å²) in [6.45, 7) is 5.05. The zero-order valence-electron chi connectivity index (χ0n) is 19.0. The van der Waals surface area contributed by atoms with Crippen LogP contribution in [0.25, 0.3) is 0 Å². The first-order chi connectivity index (χ1) is 15.6. The van der Waals surface area contributed by atoms with Crippen molar-refractivity contribution < 1.29 is 9.59 Å². The van der Waals surface area contributed by atoms with E-state index in [0.29, 0.717) is 19.5 Å². The number of aryl methyl sites for hydroxylation is 1. The predicted molar refractivity (Wildman–Crippen MR) is 129 cm³/mol. The summed E-state index contributed by atoms with van der Waals surface area (Å²) in [7, 11) is 0. The fourth-order valence-corrected chi connectivity index (χ4v) is 3.68. The van der Waals surface area contributed by atoms with E-state index in [0.717, 1.165) is 28.7 Å². The first-order valence-electron chi connectivity index (χ1n) is 11.3. The summed E-state index contributed by atoms with van der Waals surface area (Å²) in [5, 5.41) is 3.01. The summed E-state index contributed by atoms with van der Waals surface area (Å²) in [5.74, 6) is -0.159. The summed E-state index contributed by atoms with van der Waals surface area (Å²) < 4.78 is 0. The van der Waals surface area contributed by atoms with E-state index in [1.807, 2.05) is 98.8 Å². The van der Waals surface area contributed by atoms with Crippen molar-refractivity contribution in [2.45, 2.75) is 45.7 Å². The second-order valence-electron chi connectivity index (χ2n) is 8.17. The molecule has 0 radical (unpaired) electrons. The number of carbonyl (C=O) groups excluding carboxylic acids is 2. The van der Waals surface area contributed by atoms with E-state index >= 15 is 0 Å². The molecule has 0 aromatic heterocycles. The molecule has 32 heavy (non-hydrogen) atoms. The molecule has 4 heteroatoms. The van der Waals surface area contributed by atoms with E-state index in [2.05, 4.69) is 5.32 Å². The van der Waals surface area contributed by atoms with Crippen molar-refractivity contribution in [3.05, 3.63) is 107 Å². The van der Waals surface area contributed by atoms with Gasteiger partial charge in [0.05, 0.1) is 6.42 Å². The zero-order chi connectivity index (χ0) is 22.8. The van der Waals surface area contributed by atoms with Gasteiger partial charge in [0.2, 0.25) is 11.8 Å². The molecule has 0 aliphatic heterocycles. The van der Waals surface area contributed by atoms with Crippen LogP contribution in [0, 0.1) is 6.92 Å². The first-order valence-corrected chi connectivity index (χ1v) is 11.3. The van der Waals surface area contributed by atoms with E-state index in [1.54, 1.807) is 4.90 Å². The van der Waals surface area contributed by atoms with Crippen LogP contribution in [0.3, 0.4) is 0 Å². The van der Waals surface area contributed by atoms with Gasteiger partial charge < -0.3 is 10.2 Å². The average Bonchev–Trinajstić information content (AvgIpc) is 2.82. The highest BCUT2D eigenvalue weighted by Gasteiger charge is 2.30. The van der Waals surface area contributed by atoms with Crippen LogP contribution in [0.15, 0.2) is 84.9 Å². The largest absolute Gasteiger partial charge is 0.354 e. The molecule has 3 aromatic carbocycles. The van der Waals surface area contributed by atoms with Gasteiger partial charge in [0, 0.05) is 19.5 Å². The first kappa shape index (κ1) is 23.3. The molecule has 0 aliphatic carbocycles. The fourth-order valence-electron chi connectivity index (χ4n) is 3.68. The molecule has 1 N–H and O–H groups in total. The topological polar surface area (TPSA) is 49.4 Å². The molecule has 1 unspecified atom stereocenters. The van der Waals surface area contributed by atoms with Gasteiger partial charge in [0.25, 0.3) is 0 Å². The van der Waals surface area contributed by atoms with Crippen LogP contribution in [0.1, 0.15) is 35.6 Å². The number of nitrogens with one attached hydrogen (secondary N) is 1. The Balaban J connectivity index is 1.93. The van der Waals surface area contributed by atoms with E-state index in [-0.39, 0.29) is 18.2 Å². The van der Waals surface area contributed by atoms with E-state index in [4.69, 9.17) is 0 Å². The normalized spacial score (nSPS) is 11.6. The quantitative estimate of drug-likeness (QED) is 0.509. The van der Waals surface area contributed by atoms with Crippen molar-refractivity contribution >= 4 is 11.8 Å². The molecule has 0 bridgehead atoms. The van der Waals surface area contributed by atoms with Crippen molar-refractivity contribution in [2.24, 2.45) is 0 Å². The van der Waals surface area contributed by atoms with Crippen LogP contribution < -0.4 is 5.32 Å². The Labute approximate surface area is 191 Å². The highest BCUT2D eigenvalue weighted by Crippen LogP contribution is 2.17. The van der Waals surface area contributed by atoms with Gasteiger partial charge >= 0.3 is 0 Å². The molecule has 1 atom stereocenters. The molecule has 2 amide bonds. The van der Waals surface area contributed by atoms with Gasteiger partial charge in [-0.05, 0) is 30.0 Å². The molecular weight excluding hydrogens is 396 g/mol. The Hall–Kier alpha value is -3.40. The minimum Gasteiger partial charge on any atom is -0.354 e. The Morgan fingerprint density at radius 2 is 1.41 bits per heavy atom. The van der Waals surface area contributed by atoms with Crippen LogP contribution in [0.4, 0.5) is 0 Å². The van der Waals surface area contributed by atoms with Crippen molar-refractivity contribution in [1.82, 2.24) is 10.2 Å². The SMILES string of the molecule is CCCNC(=O)C(Cc1ccccc1)N(Cc1ccc(C)cc1)C(=O)Cc1ccccc1. The van der Waals surface area contributed by atoms with Gasteiger partial charge in [0.15, 0.2) is 0 Å². The Morgan fingerprint density at radius 1 is 0.812 bits per heavy atom. The second kappa shape index (κ2) is 11.8. The minimum absolute atomic E-state index is 0.0515. The van der Waals surface area contributed by atoms with E-state index in [1.165, 1.54) is 0 Å². The lowest BCUT2D eigenvalue weighted by molar-refractivity contribution is -0.140. The summed E-state index contributed by atoms with van der Waals surface area (Å²) >= 11 is 0. The molecule has 0 saturated heterocycles. The molecule has 0 heterocycles. The van der Waals surface area contributed by atoms with Gasteiger partial charge in [-0.15, -0.1) is 0 Å². The van der Waals surface area contributed by atoms with E-state index in [9.17, 15) is 9.59 Å². The zero-order valence-corrected chi connectivity index (χ0v) is 19.0. The predicted octanol–water partition coefficient (Wildman–Crippen LogP) is 4.70. The Kier molecular flexibility index (Phi) is 8.61. The molecular formula is C28H32N2O2. The third-order valence-electron chi connectivity index (χ3n) is 5.49. The van der Waals surface area contributed by atoms with E-state index < -0.39 is 6.04 Å². The number of hydrogen-bond acceptors (Lipinski definition) is 2. The van der Waals surface area contributed by atoms with Crippen LogP contribution >= 0.6 is 0 Å². The van der Waals surface area contributed by atoms with Gasteiger partial charge in [-0.1, -0.05) is 97.4 Å². The standard InChI is InChI=1S/C28H32N2O2/c1-3-18-29-28(32)26(19-23-10-6-4-7-11-23)30(21-25-16-14-22(2)15-17-25)27(31)20-24-12-8-5-9-13-24/h4-17,26H,3,18-21H2,1-2H3,(H,29,32). The lowest BCUT2D eigenvalue weighted by Crippen LogP contribution is -2.51. The summed E-state index contributed by atoms with van der Waals surface area (Å²) in [6, 6.07) is 27.2. The summed E-state index contributed by atoms with van der Waals surface area (Å²) in [6.07, 6.45) is 1.58. The van der Waals surface area contributed by atoms with Gasteiger partial charge in [0.1, 0.15) is 6.04 Å². The molecule has 3 rings (SSSR count). The van der Waals surface area contributed by atoms with Gasteiger partial charge in [-0.25, -0.2) is 0 Å². The van der Waals surface area contributed by atoms with Gasteiger partial charge in [-0.3, -0.25) is 9.59 Å². The molecule has 4 nitrogen and oxygen atoms in total. The number of rotatable bonds is 10. The monoisotopic (exact) mass is 428 g/mol. The van der Waals surface area contributed by atoms with Crippen LogP contribution in [0.2, 0.25) is 0 Å². The maximum Gasteiger partial charge on any atom is 0.243 e. The Bertz CT molecular complexity index is 985. The lowest BCUT2D eigenvalue weighted by atomic mass is 10.0. The average molecular weight is 429 g/mol. The van der Waals surface area contributed by atoms with Crippen molar-refractivity contribution in [1.29, 1.82) is 0 Å². The number of hydrogen-bond donors (Lipinski definition) is 1. The minimum atomic E-state index is -0.582. The Morgan fingerprint density at radius 3 is 2.00 bits per heavy atom. The molecule has 3 aromatic rings. The molecule has 0 aliphatic rings. The van der Waals surface area contributed by atoms with Crippen molar-refractivity contribution in [2.75, 3.05) is 6.54 Å². The van der Waals surface area contributed by atoms with Gasteiger partial charge in [-0.2, -0.15) is 0 Å². The van der Waals surface area contributed by atoms with Crippen molar-refractivity contribution in [3.8, 4) is 0 Å². The maximum absolute atomic E-state index is 13.5. The third kappa shape index (κ3) is 6.81. The molecule has 0 fully saturated rings. The fraction of sp³-hybridized carbons (Fsp3) is 0.286.